The summed E-state index contributed by atoms with van der Waals surface area (Å²) in [6, 6.07) is 14.3. The number of benzene rings is 2. The van der Waals surface area contributed by atoms with Crippen LogP contribution in [-0.4, -0.2) is 16.5 Å². The molecule has 4 aromatic rings. The number of rotatable bonds is 4. The van der Waals surface area contributed by atoms with Gasteiger partial charge in [-0.15, -0.1) is 0 Å². The van der Waals surface area contributed by atoms with Crippen molar-refractivity contribution in [2.75, 3.05) is 11.9 Å². The molecule has 23 heavy (non-hydrogen) atoms. The van der Waals surface area contributed by atoms with Crippen molar-refractivity contribution in [3.8, 4) is 0 Å². The number of halogens is 1. The van der Waals surface area contributed by atoms with Crippen molar-refractivity contribution in [1.29, 1.82) is 0 Å². The van der Waals surface area contributed by atoms with Crippen molar-refractivity contribution in [3.63, 3.8) is 0 Å². The van der Waals surface area contributed by atoms with Crippen molar-refractivity contribution >= 4 is 27.9 Å². The van der Waals surface area contributed by atoms with Gasteiger partial charge in [0.1, 0.15) is 23.2 Å². The number of nitrogens with one attached hydrogen (secondary N) is 1. The van der Waals surface area contributed by atoms with Gasteiger partial charge in [-0.05, 0) is 36.2 Å². The first-order valence-corrected chi connectivity index (χ1v) is 7.42. The molecule has 4 rings (SSSR count). The zero-order valence-electron chi connectivity index (χ0n) is 12.3. The number of para-hydroxylation sites is 1. The zero-order chi connectivity index (χ0) is 15.6. The first-order valence-electron chi connectivity index (χ1n) is 7.42. The van der Waals surface area contributed by atoms with Crippen LogP contribution in [0, 0.1) is 5.82 Å². The minimum absolute atomic E-state index is 0.221. The fourth-order valence-electron chi connectivity index (χ4n) is 2.63. The molecule has 0 aliphatic rings. The molecule has 0 bridgehead atoms. The maximum absolute atomic E-state index is 12.9. The minimum atomic E-state index is -0.221. The first-order chi connectivity index (χ1) is 11.3. The molecule has 0 spiro atoms. The van der Waals surface area contributed by atoms with Crippen LogP contribution in [0.4, 0.5) is 10.2 Å². The summed E-state index contributed by atoms with van der Waals surface area (Å²) in [6.45, 7) is 0.675. The molecule has 0 amide bonds. The van der Waals surface area contributed by atoms with E-state index >= 15 is 0 Å². The molecule has 2 aromatic carbocycles. The van der Waals surface area contributed by atoms with Crippen molar-refractivity contribution < 1.29 is 8.81 Å². The maximum Gasteiger partial charge on any atom is 0.196 e. The lowest BCUT2D eigenvalue weighted by Crippen LogP contribution is -2.06. The van der Waals surface area contributed by atoms with E-state index in [0.29, 0.717) is 17.9 Å². The van der Waals surface area contributed by atoms with Crippen LogP contribution < -0.4 is 5.32 Å². The normalized spacial score (nSPS) is 11.2. The van der Waals surface area contributed by atoms with E-state index in [0.717, 1.165) is 28.5 Å². The van der Waals surface area contributed by atoms with E-state index in [1.165, 1.54) is 18.5 Å². The van der Waals surface area contributed by atoms with Crippen molar-refractivity contribution in [2.24, 2.45) is 0 Å². The summed E-state index contributed by atoms with van der Waals surface area (Å²) in [6.07, 6.45) is 2.30. The van der Waals surface area contributed by atoms with Gasteiger partial charge in [-0.3, -0.25) is 0 Å². The van der Waals surface area contributed by atoms with Gasteiger partial charge >= 0.3 is 0 Å². The third-order valence-electron chi connectivity index (χ3n) is 3.78. The molecule has 0 saturated heterocycles. The molecule has 5 heteroatoms. The van der Waals surface area contributed by atoms with Crippen LogP contribution in [0.15, 0.2) is 59.3 Å². The smallest absolute Gasteiger partial charge is 0.196 e. The Bertz CT molecular complexity index is 963. The molecule has 4 nitrogen and oxygen atoms in total. The molecule has 1 N–H and O–H groups in total. The van der Waals surface area contributed by atoms with Gasteiger partial charge in [-0.2, -0.15) is 0 Å². The lowest BCUT2D eigenvalue weighted by molar-refractivity contribution is 0.627. The van der Waals surface area contributed by atoms with Gasteiger partial charge < -0.3 is 9.73 Å². The molecule has 0 radical (unpaired) electrons. The molecular weight excluding hydrogens is 293 g/mol. The highest BCUT2D eigenvalue weighted by Gasteiger charge is 2.12. The van der Waals surface area contributed by atoms with Crippen LogP contribution in [0.5, 0.6) is 0 Å². The lowest BCUT2D eigenvalue weighted by Gasteiger charge is -2.05. The zero-order valence-corrected chi connectivity index (χ0v) is 12.3. The van der Waals surface area contributed by atoms with Gasteiger partial charge in [0.2, 0.25) is 0 Å². The molecule has 2 aromatic heterocycles. The van der Waals surface area contributed by atoms with Gasteiger partial charge in [0.15, 0.2) is 11.4 Å². The number of hydrogen-bond acceptors (Lipinski definition) is 4. The van der Waals surface area contributed by atoms with E-state index in [9.17, 15) is 4.39 Å². The predicted octanol–water partition coefficient (Wildman–Crippen LogP) is 4.17. The Morgan fingerprint density at radius 3 is 2.70 bits per heavy atom. The molecule has 0 aliphatic heterocycles. The fourth-order valence-corrected chi connectivity index (χ4v) is 2.63. The molecule has 0 aliphatic carbocycles. The Morgan fingerprint density at radius 2 is 1.83 bits per heavy atom. The second kappa shape index (κ2) is 5.68. The van der Waals surface area contributed by atoms with Gasteiger partial charge in [0.05, 0.1) is 0 Å². The molecule has 0 atom stereocenters. The number of furan rings is 1. The monoisotopic (exact) mass is 307 g/mol. The van der Waals surface area contributed by atoms with Gasteiger partial charge in [0, 0.05) is 11.9 Å². The molecule has 0 saturated carbocycles. The van der Waals surface area contributed by atoms with E-state index in [4.69, 9.17) is 4.42 Å². The van der Waals surface area contributed by atoms with Gasteiger partial charge in [0.25, 0.3) is 0 Å². The molecule has 0 fully saturated rings. The minimum Gasteiger partial charge on any atom is -0.450 e. The fraction of sp³-hybridized carbons (Fsp3) is 0.111. The van der Waals surface area contributed by atoms with Crippen LogP contribution in [-0.2, 0) is 6.42 Å². The van der Waals surface area contributed by atoms with Crippen LogP contribution >= 0.6 is 0 Å². The van der Waals surface area contributed by atoms with E-state index in [2.05, 4.69) is 15.3 Å². The number of aromatic nitrogens is 2. The Labute approximate surface area is 132 Å². The Hall–Kier alpha value is -2.95. The Balaban J connectivity index is 1.58. The maximum atomic E-state index is 12.9. The summed E-state index contributed by atoms with van der Waals surface area (Å²) in [5.74, 6) is 0.454. The molecule has 114 valence electrons. The predicted molar refractivity (Wildman–Crippen MR) is 87.9 cm³/mol. The van der Waals surface area contributed by atoms with Gasteiger partial charge in [-0.1, -0.05) is 24.3 Å². The standard InChI is InChI=1S/C18H14FN3O/c19-13-7-5-12(6-8-13)9-10-20-18-17-16(21-11-22-18)14-3-1-2-4-15(14)23-17/h1-8,11H,9-10H2,(H,20,21,22). The topological polar surface area (TPSA) is 51.0 Å². The van der Waals surface area contributed by atoms with Crippen LogP contribution in [0.3, 0.4) is 0 Å². The second-order valence-corrected chi connectivity index (χ2v) is 5.30. The summed E-state index contributed by atoms with van der Waals surface area (Å²) >= 11 is 0. The van der Waals surface area contributed by atoms with Crippen molar-refractivity contribution in [2.45, 2.75) is 6.42 Å². The van der Waals surface area contributed by atoms with E-state index in [1.54, 1.807) is 12.1 Å². The average molecular weight is 307 g/mol. The van der Waals surface area contributed by atoms with Gasteiger partial charge in [-0.25, -0.2) is 14.4 Å². The Morgan fingerprint density at radius 1 is 1.00 bits per heavy atom. The number of nitrogens with zero attached hydrogens (tertiary/aromatic N) is 2. The van der Waals surface area contributed by atoms with Crippen LogP contribution in [0.25, 0.3) is 22.1 Å². The highest BCUT2D eigenvalue weighted by Crippen LogP contribution is 2.30. The number of fused-ring (bicyclic) bond motifs is 3. The lowest BCUT2D eigenvalue weighted by atomic mass is 10.1. The third-order valence-corrected chi connectivity index (χ3v) is 3.78. The molecular formula is C18H14FN3O. The molecule has 2 heterocycles. The Kier molecular flexibility index (Phi) is 3.38. The largest absolute Gasteiger partial charge is 0.450 e. The third kappa shape index (κ3) is 2.61. The van der Waals surface area contributed by atoms with Crippen molar-refractivity contribution in [3.05, 3.63) is 66.2 Å². The number of anilines is 1. The quantitative estimate of drug-likeness (QED) is 0.615. The van der Waals surface area contributed by atoms with Crippen LogP contribution in [0.2, 0.25) is 0 Å². The summed E-state index contributed by atoms with van der Waals surface area (Å²) in [7, 11) is 0. The number of hydrogen-bond donors (Lipinski definition) is 1. The summed E-state index contributed by atoms with van der Waals surface area (Å²) < 4.78 is 18.8. The van der Waals surface area contributed by atoms with E-state index in [-0.39, 0.29) is 5.82 Å². The van der Waals surface area contributed by atoms with Crippen molar-refractivity contribution in [1.82, 2.24) is 9.97 Å². The summed E-state index contributed by atoms with van der Waals surface area (Å²) in [5, 5.41) is 4.25. The van der Waals surface area contributed by atoms with E-state index < -0.39 is 0 Å². The average Bonchev–Trinajstić information content (AvgIpc) is 2.96. The second-order valence-electron chi connectivity index (χ2n) is 5.30. The highest BCUT2D eigenvalue weighted by atomic mass is 19.1. The molecule has 0 unspecified atom stereocenters. The van der Waals surface area contributed by atoms with E-state index in [1.807, 2.05) is 24.3 Å². The summed E-state index contributed by atoms with van der Waals surface area (Å²) in [4.78, 5) is 8.59. The summed E-state index contributed by atoms with van der Waals surface area (Å²) in [5.41, 5.74) is 3.33. The van der Waals surface area contributed by atoms with Crippen LogP contribution in [0.1, 0.15) is 5.56 Å². The SMILES string of the molecule is Fc1ccc(CCNc2ncnc3c2oc2ccccc23)cc1. The highest BCUT2D eigenvalue weighted by molar-refractivity contribution is 6.05. The first kappa shape index (κ1) is 13.7.